The zero-order valence-electron chi connectivity index (χ0n) is 33.6. The molecule has 9 aromatic carbocycles. The smallest absolute Gasteiger partial charge is 0.238 e. The van der Waals surface area contributed by atoms with Gasteiger partial charge in [0.15, 0.2) is 11.6 Å². The van der Waals surface area contributed by atoms with Crippen molar-refractivity contribution in [1.29, 1.82) is 0 Å². The van der Waals surface area contributed by atoms with Crippen molar-refractivity contribution in [2.45, 2.75) is 0 Å². The lowest BCUT2D eigenvalue weighted by Crippen LogP contribution is -2.07. The quantitative estimate of drug-likeness (QED) is 0.162. The first-order valence-corrected chi connectivity index (χ1v) is 20.9. The van der Waals surface area contributed by atoms with Gasteiger partial charge in [-0.2, -0.15) is 9.97 Å². The van der Waals surface area contributed by atoms with Gasteiger partial charge in [0.25, 0.3) is 0 Å². The fraction of sp³-hybridized carbons (Fsp3) is 0. The van der Waals surface area contributed by atoms with E-state index in [1.807, 2.05) is 24.3 Å². The summed E-state index contributed by atoms with van der Waals surface area (Å²) in [4.78, 5) is 15.9. The van der Waals surface area contributed by atoms with Crippen LogP contribution < -0.4 is 0 Å². The van der Waals surface area contributed by atoms with Gasteiger partial charge in [-0.05, 0) is 63.7 Å². The maximum absolute atomic E-state index is 5.40. The Balaban J connectivity index is 1.09. The van der Waals surface area contributed by atoms with Crippen molar-refractivity contribution in [2.75, 3.05) is 0 Å². The highest BCUT2D eigenvalue weighted by Gasteiger charge is 2.23. The van der Waals surface area contributed by atoms with Crippen LogP contribution in [-0.2, 0) is 0 Å². The van der Waals surface area contributed by atoms with E-state index in [0.29, 0.717) is 17.6 Å². The summed E-state index contributed by atoms with van der Waals surface area (Å²) in [6.45, 7) is 0. The summed E-state index contributed by atoms with van der Waals surface area (Å²) >= 11 is 0. The van der Waals surface area contributed by atoms with Crippen LogP contribution in [0, 0.1) is 0 Å². The second-order valence-corrected chi connectivity index (χ2v) is 15.6. The minimum absolute atomic E-state index is 0.557. The van der Waals surface area contributed by atoms with E-state index in [4.69, 9.17) is 15.0 Å². The van der Waals surface area contributed by atoms with Gasteiger partial charge in [0.2, 0.25) is 5.95 Å². The molecule has 0 atom stereocenters. The molecule has 0 fully saturated rings. The molecule has 0 aliphatic carbocycles. The predicted molar refractivity (Wildman–Crippen MR) is 256 cm³/mol. The molecule has 0 N–H and O–H groups in total. The first kappa shape index (κ1) is 35.5. The minimum atomic E-state index is 0.557. The van der Waals surface area contributed by atoms with Gasteiger partial charge in [-0.1, -0.05) is 194 Å². The Morgan fingerprint density at radius 1 is 0.258 bits per heavy atom. The highest BCUT2D eigenvalue weighted by Crippen LogP contribution is 2.42. The van der Waals surface area contributed by atoms with E-state index < -0.39 is 0 Å². The standard InChI is InChI=1S/C57H37N5/c1-4-15-38(16-5-1)40-27-29-42(30-28-40)44-21-14-22-45(37-44)56-58-55(43-19-8-3-9-20-43)59-57(60-56)62-52-26-13-11-24-48(52)50-36-35-49-47-23-10-12-25-51(47)61(53(49)54(50)62)46-33-31-41(32-34-46)39-17-6-2-7-18-39/h1-37H. The second-order valence-electron chi connectivity index (χ2n) is 15.6. The average Bonchev–Trinajstić information content (AvgIpc) is 3.88. The summed E-state index contributed by atoms with van der Waals surface area (Å²) in [7, 11) is 0. The summed E-state index contributed by atoms with van der Waals surface area (Å²) in [6, 6.07) is 79.2. The lowest BCUT2D eigenvalue weighted by Gasteiger charge is -2.14. The first-order chi connectivity index (χ1) is 30.7. The zero-order chi connectivity index (χ0) is 41.0. The first-order valence-electron chi connectivity index (χ1n) is 20.9. The highest BCUT2D eigenvalue weighted by molar-refractivity contribution is 6.23. The molecule has 3 heterocycles. The van der Waals surface area contributed by atoms with Crippen LogP contribution >= 0.6 is 0 Å². The van der Waals surface area contributed by atoms with Crippen molar-refractivity contribution < 1.29 is 0 Å². The maximum Gasteiger partial charge on any atom is 0.238 e. The Labute approximate surface area is 358 Å². The van der Waals surface area contributed by atoms with E-state index in [0.717, 1.165) is 66.2 Å². The fourth-order valence-electron chi connectivity index (χ4n) is 9.04. The van der Waals surface area contributed by atoms with Crippen LogP contribution in [0.4, 0.5) is 0 Å². The van der Waals surface area contributed by atoms with Gasteiger partial charge in [-0.15, -0.1) is 0 Å². The Morgan fingerprint density at radius 2 is 0.661 bits per heavy atom. The zero-order valence-corrected chi connectivity index (χ0v) is 33.6. The van der Waals surface area contributed by atoms with E-state index in [1.165, 1.54) is 27.6 Å². The van der Waals surface area contributed by atoms with Crippen molar-refractivity contribution in [1.82, 2.24) is 24.1 Å². The number of rotatable bonds is 7. The molecule has 0 saturated heterocycles. The molecule has 5 nitrogen and oxygen atoms in total. The molecule has 0 unspecified atom stereocenters. The SMILES string of the molecule is c1ccc(-c2ccc(-c3cccc(-c4nc(-c5ccccc5)nc(-n5c6ccccc6c6ccc7c8ccccc8n(-c8ccc(-c9ccccc9)cc8)c7c65)n4)c3)cc2)cc1. The number of hydrogen-bond acceptors (Lipinski definition) is 3. The topological polar surface area (TPSA) is 48.5 Å². The largest absolute Gasteiger partial charge is 0.307 e. The molecular weight excluding hydrogens is 755 g/mol. The molecule has 3 aromatic heterocycles. The maximum atomic E-state index is 5.40. The number of nitrogens with zero attached hydrogens (tertiary/aromatic N) is 5. The van der Waals surface area contributed by atoms with E-state index in [9.17, 15) is 0 Å². The Bertz CT molecular complexity index is 3590. The number of aromatic nitrogens is 5. The third-order valence-corrected chi connectivity index (χ3v) is 12.0. The molecule has 0 bridgehead atoms. The van der Waals surface area contributed by atoms with E-state index in [1.54, 1.807) is 0 Å². The highest BCUT2D eigenvalue weighted by atomic mass is 15.2. The molecule has 0 amide bonds. The average molecular weight is 792 g/mol. The second kappa shape index (κ2) is 14.7. The Kier molecular flexibility index (Phi) is 8.42. The van der Waals surface area contributed by atoms with Crippen LogP contribution in [0.3, 0.4) is 0 Å². The minimum Gasteiger partial charge on any atom is -0.307 e. The van der Waals surface area contributed by atoms with Crippen molar-refractivity contribution in [3.63, 3.8) is 0 Å². The van der Waals surface area contributed by atoms with Crippen LogP contribution in [0.2, 0.25) is 0 Å². The molecular formula is C57H37N5. The molecule has 12 aromatic rings. The van der Waals surface area contributed by atoms with Crippen LogP contribution in [0.5, 0.6) is 0 Å². The van der Waals surface area contributed by atoms with E-state index >= 15 is 0 Å². The molecule has 0 saturated carbocycles. The van der Waals surface area contributed by atoms with E-state index in [-0.39, 0.29) is 0 Å². The van der Waals surface area contributed by atoms with Crippen LogP contribution in [0.15, 0.2) is 224 Å². The van der Waals surface area contributed by atoms with Gasteiger partial charge in [-0.25, -0.2) is 4.98 Å². The Hall–Kier alpha value is -8.41. The molecule has 12 rings (SSSR count). The molecule has 0 spiro atoms. The van der Waals surface area contributed by atoms with Crippen molar-refractivity contribution in [3.8, 4) is 67.8 Å². The third kappa shape index (κ3) is 5.98. The van der Waals surface area contributed by atoms with Gasteiger partial charge in [0, 0.05) is 38.4 Å². The van der Waals surface area contributed by atoms with Crippen LogP contribution in [0.25, 0.3) is 111 Å². The van der Waals surface area contributed by atoms with Gasteiger partial charge in [0.05, 0.1) is 22.1 Å². The van der Waals surface area contributed by atoms with Crippen LogP contribution in [-0.4, -0.2) is 24.1 Å². The van der Waals surface area contributed by atoms with E-state index in [2.05, 4.69) is 209 Å². The molecule has 0 radical (unpaired) electrons. The molecule has 290 valence electrons. The molecule has 0 aliphatic rings. The van der Waals surface area contributed by atoms with Crippen molar-refractivity contribution >= 4 is 43.6 Å². The molecule has 5 heteroatoms. The Morgan fingerprint density at radius 3 is 1.24 bits per heavy atom. The molecule has 62 heavy (non-hydrogen) atoms. The van der Waals surface area contributed by atoms with Crippen molar-refractivity contribution in [3.05, 3.63) is 224 Å². The normalized spacial score (nSPS) is 11.5. The molecule has 0 aliphatic heterocycles. The van der Waals surface area contributed by atoms with Gasteiger partial charge >= 0.3 is 0 Å². The lowest BCUT2D eigenvalue weighted by molar-refractivity contribution is 0.953. The predicted octanol–water partition coefficient (Wildman–Crippen LogP) is 14.4. The van der Waals surface area contributed by atoms with Crippen molar-refractivity contribution in [2.24, 2.45) is 0 Å². The lowest BCUT2D eigenvalue weighted by atomic mass is 9.99. The summed E-state index contributed by atoms with van der Waals surface area (Å²) in [5.74, 6) is 1.77. The number of benzene rings is 9. The van der Waals surface area contributed by atoms with Gasteiger partial charge in [-0.3, -0.25) is 4.57 Å². The van der Waals surface area contributed by atoms with Crippen LogP contribution in [0.1, 0.15) is 0 Å². The summed E-state index contributed by atoms with van der Waals surface area (Å²) in [5, 5.41) is 4.60. The monoisotopic (exact) mass is 791 g/mol. The third-order valence-electron chi connectivity index (χ3n) is 12.0. The number of para-hydroxylation sites is 2. The number of hydrogen-bond donors (Lipinski definition) is 0. The summed E-state index contributed by atoms with van der Waals surface area (Å²) in [5.41, 5.74) is 14.2. The summed E-state index contributed by atoms with van der Waals surface area (Å²) in [6.07, 6.45) is 0. The summed E-state index contributed by atoms with van der Waals surface area (Å²) < 4.78 is 4.66. The fourth-order valence-corrected chi connectivity index (χ4v) is 9.04. The number of fused-ring (bicyclic) bond motifs is 7. The van der Waals surface area contributed by atoms with Gasteiger partial charge < -0.3 is 4.57 Å². The van der Waals surface area contributed by atoms with Gasteiger partial charge in [0.1, 0.15) is 0 Å².